The number of nitrogens with two attached hydrogens (primary N) is 1. The monoisotopic (exact) mass is 259 g/mol. The Morgan fingerprint density at radius 1 is 1.57 bits per heavy atom. The highest BCUT2D eigenvalue weighted by Gasteiger charge is 2.13. The molecule has 0 aliphatic rings. The molecule has 1 atom stereocenters. The van der Waals surface area contributed by atoms with Crippen molar-refractivity contribution >= 4 is 15.9 Å². The van der Waals surface area contributed by atoms with E-state index in [1.165, 1.54) is 5.69 Å². The number of hydrogen-bond donors (Lipinski definition) is 1. The molecule has 4 heteroatoms. The summed E-state index contributed by atoms with van der Waals surface area (Å²) in [6.45, 7) is 5.00. The molecule has 0 aromatic carbocycles. The Morgan fingerprint density at radius 3 is 2.64 bits per heavy atom. The molecule has 0 radical (unpaired) electrons. The van der Waals surface area contributed by atoms with E-state index in [2.05, 4.69) is 28.0 Å². The highest BCUT2D eigenvalue weighted by atomic mass is 79.9. The standard InChI is InChI=1S/C10H18BrN3/c1-7(4-5-12)6-9-10(11)8(2)13-14(9)3/h7H,4-6,12H2,1-3H3. The van der Waals surface area contributed by atoms with Crippen molar-refractivity contribution in [2.45, 2.75) is 26.7 Å². The van der Waals surface area contributed by atoms with E-state index in [4.69, 9.17) is 5.73 Å². The molecule has 80 valence electrons. The predicted octanol–water partition coefficient (Wildman–Crippen LogP) is 2.02. The molecule has 0 bridgehead atoms. The van der Waals surface area contributed by atoms with E-state index < -0.39 is 0 Å². The van der Waals surface area contributed by atoms with Gasteiger partial charge in [-0.15, -0.1) is 0 Å². The molecule has 0 amide bonds. The van der Waals surface area contributed by atoms with Gasteiger partial charge >= 0.3 is 0 Å². The van der Waals surface area contributed by atoms with Gasteiger partial charge in [-0.25, -0.2) is 0 Å². The largest absolute Gasteiger partial charge is 0.330 e. The minimum atomic E-state index is 0.617. The van der Waals surface area contributed by atoms with E-state index in [9.17, 15) is 0 Å². The van der Waals surface area contributed by atoms with Crippen LogP contribution in [-0.4, -0.2) is 16.3 Å². The summed E-state index contributed by atoms with van der Waals surface area (Å²) in [7, 11) is 1.99. The molecule has 1 aromatic heterocycles. The second-order valence-electron chi connectivity index (χ2n) is 3.86. The third kappa shape index (κ3) is 2.58. The summed E-state index contributed by atoms with van der Waals surface area (Å²) in [6.07, 6.45) is 2.10. The van der Waals surface area contributed by atoms with E-state index in [1.807, 2.05) is 18.7 Å². The second kappa shape index (κ2) is 4.94. The summed E-state index contributed by atoms with van der Waals surface area (Å²) >= 11 is 3.57. The highest BCUT2D eigenvalue weighted by molar-refractivity contribution is 9.10. The lowest BCUT2D eigenvalue weighted by molar-refractivity contribution is 0.515. The molecule has 2 N–H and O–H groups in total. The lowest BCUT2D eigenvalue weighted by Gasteiger charge is -2.10. The molecule has 0 fully saturated rings. The Morgan fingerprint density at radius 2 is 2.21 bits per heavy atom. The molecule has 1 unspecified atom stereocenters. The summed E-state index contributed by atoms with van der Waals surface area (Å²) < 4.78 is 3.09. The van der Waals surface area contributed by atoms with Crippen molar-refractivity contribution in [2.75, 3.05) is 6.54 Å². The zero-order valence-corrected chi connectivity index (χ0v) is 10.6. The SMILES string of the molecule is Cc1nn(C)c(CC(C)CCN)c1Br. The normalized spacial score (nSPS) is 13.2. The lowest BCUT2D eigenvalue weighted by Crippen LogP contribution is -2.10. The van der Waals surface area contributed by atoms with E-state index in [-0.39, 0.29) is 0 Å². The van der Waals surface area contributed by atoms with Crippen molar-refractivity contribution in [3.05, 3.63) is 15.9 Å². The Kier molecular flexibility index (Phi) is 4.13. The van der Waals surface area contributed by atoms with Gasteiger partial charge in [-0.3, -0.25) is 4.68 Å². The molecule has 1 aromatic rings. The van der Waals surface area contributed by atoms with Gasteiger partial charge in [0.25, 0.3) is 0 Å². The Labute approximate surface area is 93.8 Å². The molecule has 0 saturated heterocycles. The van der Waals surface area contributed by atoms with Gasteiger partial charge in [0, 0.05) is 7.05 Å². The molecular formula is C10H18BrN3. The van der Waals surface area contributed by atoms with Crippen LogP contribution in [0.2, 0.25) is 0 Å². The van der Waals surface area contributed by atoms with Crippen LogP contribution in [0.3, 0.4) is 0 Å². The Balaban J connectivity index is 2.75. The van der Waals surface area contributed by atoms with E-state index in [0.717, 1.165) is 29.6 Å². The van der Waals surface area contributed by atoms with Crippen LogP contribution >= 0.6 is 15.9 Å². The summed E-state index contributed by atoms with van der Waals surface area (Å²) in [5.74, 6) is 0.617. The number of rotatable bonds is 4. The van der Waals surface area contributed by atoms with E-state index in [1.54, 1.807) is 0 Å². The van der Waals surface area contributed by atoms with Crippen LogP contribution in [0.4, 0.5) is 0 Å². The van der Waals surface area contributed by atoms with Crippen LogP contribution in [-0.2, 0) is 13.5 Å². The number of hydrogen-bond acceptors (Lipinski definition) is 2. The first kappa shape index (κ1) is 11.7. The van der Waals surface area contributed by atoms with Crippen LogP contribution in [0.5, 0.6) is 0 Å². The molecule has 0 aliphatic heterocycles. The highest BCUT2D eigenvalue weighted by Crippen LogP contribution is 2.23. The molecule has 3 nitrogen and oxygen atoms in total. The molecule has 14 heavy (non-hydrogen) atoms. The molecular weight excluding hydrogens is 242 g/mol. The molecule has 0 aliphatic carbocycles. The van der Waals surface area contributed by atoms with Gasteiger partial charge in [-0.05, 0) is 48.2 Å². The average molecular weight is 260 g/mol. The molecule has 1 rings (SSSR count). The zero-order chi connectivity index (χ0) is 10.7. The van der Waals surface area contributed by atoms with Crippen molar-refractivity contribution in [1.82, 2.24) is 9.78 Å². The number of halogens is 1. The lowest BCUT2D eigenvalue weighted by atomic mass is 10.0. The summed E-state index contributed by atoms with van der Waals surface area (Å²) in [5.41, 5.74) is 7.86. The quantitative estimate of drug-likeness (QED) is 0.900. The number of nitrogens with zero attached hydrogens (tertiary/aromatic N) is 2. The number of aromatic nitrogens is 2. The maximum atomic E-state index is 5.53. The maximum absolute atomic E-state index is 5.53. The first-order chi connectivity index (χ1) is 6.56. The fraction of sp³-hybridized carbons (Fsp3) is 0.700. The van der Waals surface area contributed by atoms with Crippen LogP contribution in [0.25, 0.3) is 0 Å². The second-order valence-corrected chi connectivity index (χ2v) is 4.65. The van der Waals surface area contributed by atoms with E-state index >= 15 is 0 Å². The van der Waals surface area contributed by atoms with Crippen molar-refractivity contribution in [1.29, 1.82) is 0 Å². The van der Waals surface area contributed by atoms with Crippen molar-refractivity contribution in [3.63, 3.8) is 0 Å². The topological polar surface area (TPSA) is 43.8 Å². The third-order valence-electron chi connectivity index (χ3n) is 2.46. The van der Waals surface area contributed by atoms with Crippen LogP contribution in [0.15, 0.2) is 4.47 Å². The minimum absolute atomic E-state index is 0.617. The Hall–Kier alpha value is -0.350. The van der Waals surface area contributed by atoms with E-state index in [0.29, 0.717) is 5.92 Å². The van der Waals surface area contributed by atoms with Gasteiger partial charge < -0.3 is 5.73 Å². The minimum Gasteiger partial charge on any atom is -0.330 e. The van der Waals surface area contributed by atoms with Crippen LogP contribution < -0.4 is 5.73 Å². The van der Waals surface area contributed by atoms with Gasteiger partial charge in [0.05, 0.1) is 15.9 Å². The summed E-state index contributed by atoms with van der Waals surface area (Å²) in [4.78, 5) is 0. The Bertz CT molecular complexity index is 307. The van der Waals surface area contributed by atoms with Crippen molar-refractivity contribution in [3.8, 4) is 0 Å². The maximum Gasteiger partial charge on any atom is 0.0738 e. The molecule has 0 spiro atoms. The molecule has 0 saturated carbocycles. The first-order valence-corrected chi connectivity index (χ1v) is 5.73. The fourth-order valence-corrected chi connectivity index (χ4v) is 2.12. The van der Waals surface area contributed by atoms with Gasteiger partial charge in [-0.2, -0.15) is 5.10 Å². The van der Waals surface area contributed by atoms with Gasteiger partial charge in [-0.1, -0.05) is 6.92 Å². The number of aryl methyl sites for hydroxylation is 2. The smallest absolute Gasteiger partial charge is 0.0738 e. The van der Waals surface area contributed by atoms with Gasteiger partial charge in [0.15, 0.2) is 0 Å². The first-order valence-electron chi connectivity index (χ1n) is 4.94. The molecule has 1 heterocycles. The predicted molar refractivity (Wildman–Crippen MR) is 62.2 cm³/mol. The van der Waals surface area contributed by atoms with Crippen LogP contribution in [0, 0.1) is 12.8 Å². The van der Waals surface area contributed by atoms with Crippen LogP contribution in [0.1, 0.15) is 24.7 Å². The zero-order valence-electron chi connectivity index (χ0n) is 9.05. The van der Waals surface area contributed by atoms with Gasteiger partial charge in [0.2, 0.25) is 0 Å². The summed E-state index contributed by atoms with van der Waals surface area (Å²) in [5, 5.41) is 4.36. The average Bonchev–Trinajstić information content (AvgIpc) is 2.33. The van der Waals surface area contributed by atoms with Crippen molar-refractivity contribution in [2.24, 2.45) is 18.7 Å². The third-order valence-corrected chi connectivity index (χ3v) is 3.49. The fourth-order valence-electron chi connectivity index (χ4n) is 1.62. The van der Waals surface area contributed by atoms with Crippen molar-refractivity contribution < 1.29 is 0 Å². The van der Waals surface area contributed by atoms with Gasteiger partial charge in [0.1, 0.15) is 0 Å². The summed E-state index contributed by atoms with van der Waals surface area (Å²) in [6, 6.07) is 0.